The van der Waals surface area contributed by atoms with Crippen LogP contribution in [0.25, 0.3) is 0 Å². The number of rotatable bonds is 3. The van der Waals surface area contributed by atoms with E-state index in [1.807, 2.05) is 20.0 Å². The third-order valence-corrected chi connectivity index (χ3v) is 0.756. The van der Waals surface area contributed by atoms with Gasteiger partial charge in [0.2, 0.25) is 0 Å². The molecule has 0 heterocycles. The first-order valence-electron chi connectivity index (χ1n) is 2.80. The van der Waals surface area contributed by atoms with Crippen molar-refractivity contribution in [3.63, 3.8) is 0 Å². The molecule has 0 aliphatic carbocycles. The number of nitrogens with zero attached hydrogens (tertiary/aromatic N) is 1. The largest absolute Gasteiger partial charge is 0.379 e. The maximum atomic E-state index is 3.99. The van der Waals surface area contributed by atoms with Gasteiger partial charge in [-0.15, -0.1) is 0 Å². The van der Waals surface area contributed by atoms with Crippen molar-refractivity contribution in [3.8, 4) is 0 Å². The Morgan fingerprint density at radius 3 is 2.78 bits per heavy atom. The molecule has 0 amide bonds. The molecule has 0 rings (SSSR count). The summed E-state index contributed by atoms with van der Waals surface area (Å²) < 4.78 is 0. The molecule has 0 bridgehead atoms. The summed E-state index contributed by atoms with van der Waals surface area (Å²) in [5, 5.41) is 2.79. The van der Waals surface area contributed by atoms with E-state index in [1.54, 1.807) is 12.4 Å². The first-order valence-corrected chi connectivity index (χ1v) is 2.80. The van der Waals surface area contributed by atoms with Crippen LogP contribution in [-0.2, 0) is 0 Å². The maximum Gasteiger partial charge on any atom is 0.0879 e. The summed E-state index contributed by atoms with van der Waals surface area (Å²) in [4.78, 5) is 3.99. The zero-order chi connectivity index (χ0) is 7.11. The summed E-state index contributed by atoms with van der Waals surface area (Å²) in [6, 6.07) is 0. The van der Waals surface area contributed by atoms with Crippen LogP contribution < -0.4 is 5.32 Å². The number of aliphatic imine (C=N–C) groups is 1. The summed E-state index contributed by atoms with van der Waals surface area (Å²) in [7, 11) is 1.81. The van der Waals surface area contributed by atoms with E-state index in [1.165, 1.54) is 0 Å². The molecular formula is C7H12N2. The lowest BCUT2D eigenvalue weighted by molar-refractivity contribution is 1.18. The molecule has 9 heavy (non-hydrogen) atoms. The third-order valence-electron chi connectivity index (χ3n) is 0.756. The van der Waals surface area contributed by atoms with Crippen LogP contribution in [0.2, 0.25) is 0 Å². The van der Waals surface area contributed by atoms with Crippen LogP contribution in [0.1, 0.15) is 6.92 Å². The van der Waals surface area contributed by atoms with Gasteiger partial charge in [-0.05, 0) is 13.0 Å². The van der Waals surface area contributed by atoms with E-state index >= 15 is 0 Å². The molecular weight excluding hydrogens is 112 g/mol. The molecule has 0 saturated heterocycles. The van der Waals surface area contributed by atoms with Gasteiger partial charge in [0.15, 0.2) is 0 Å². The maximum absolute atomic E-state index is 3.99. The zero-order valence-electron chi connectivity index (χ0n) is 5.89. The van der Waals surface area contributed by atoms with Gasteiger partial charge in [0.1, 0.15) is 0 Å². The Balaban J connectivity index is 3.74. The average Bonchev–Trinajstić information content (AvgIpc) is 1.85. The van der Waals surface area contributed by atoms with E-state index in [-0.39, 0.29) is 0 Å². The molecule has 0 aliphatic rings. The lowest BCUT2D eigenvalue weighted by Gasteiger charge is -1.87. The van der Waals surface area contributed by atoms with Crippen LogP contribution in [-0.4, -0.2) is 13.4 Å². The van der Waals surface area contributed by atoms with Gasteiger partial charge in [-0.3, -0.25) is 0 Å². The Kier molecular flexibility index (Phi) is 4.50. The normalized spacial score (nSPS) is 12.0. The van der Waals surface area contributed by atoms with Crippen LogP contribution in [0.5, 0.6) is 0 Å². The fraction of sp³-hybridized carbons (Fsp3) is 0.286. The number of nitrogens with one attached hydrogen (secondary N) is 1. The van der Waals surface area contributed by atoms with E-state index < -0.39 is 0 Å². The Morgan fingerprint density at radius 2 is 2.33 bits per heavy atom. The number of hydrogen-bond acceptors (Lipinski definition) is 1. The van der Waals surface area contributed by atoms with Crippen LogP contribution >= 0.6 is 0 Å². The van der Waals surface area contributed by atoms with Crippen molar-refractivity contribution in [2.24, 2.45) is 4.99 Å². The molecule has 2 nitrogen and oxygen atoms in total. The fourth-order valence-corrected chi connectivity index (χ4v) is 0.380. The molecule has 0 saturated carbocycles. The molecule has 50 valence electrons. The van der Waals surface area contributed by atoms with E-state index in [4.69, 9.17) is 0 Å². The first kappa shape index (κ1) is 7.95. The highest BCUT2D eigenvalue weighted by atomic mass is 14.9. The zero-order valence-corrected chi connectivity index (χ0v) is 5.89. The second-order valence-electron chi connectivity index (χ2n) is 1.59. The van der Waals surface area contributed by atoms with Crippen LogP contribution in [0, 0.1) is 0 Å². The second kappa shape index (κ2) is 5.09. The van der Waals surface area contributed by atoms with Crippen molar-refractivity contribution >= 4 is 6.34 Å². The molecule has 0 spiro atoms. The quantitative estimate of drug-likeness (QED) is 0.342. The Hall–Kier alpha value is -1.05. The minimum atomic E-state index is 0.944. The molecule has 0 radical (unpaired) electrons. The smallest absolute Gasteiger partial charge is 0.0879 e. The molecule has 0 atom stereocenters. The highest BCUT2D eigenvalue weighted by molar-refractivity contribution is 5.55. The van der Waals surface area contributed by atoms with E-state index in [9.17, 15) is 0 Å². The fourth-order valence-electron chi connectivity index (χ4n) is 0.380. The van der Waals surface area contributed by atoms with Gasteiger partial charge in [-0.2, -0.15) is 0 Å². The molecule has 2 heteroatoms. The molecule has 0 aromatic heterocycles. The van der Waals surface area contributed by atoms with Gasteiger partial charge < -0.3 is 5.32 Å². The summed E-state index contributed by atoms with van der Waals surface area (Å²) in [5.41, 5.74) is 0.944. The predicted octanol–water partition coefficient (Wildman–Crippen LogP) is 1.32. The third kappa shape index (κ3) is 4.81. The summed E-state index contributed by atoms with van der Waals surface area (Å²) in [6.07, 6.45) is 5.19. The van der Waals surface area contributed by atoms with Crippen molar-refractivity contribution in [1.29, 1.82) is 0 Å². The monoisotopic (exact) mass is 124 g/mol. The van der Waals surface area contributed by atoms with Gasteiger partial charge in [0.05, 0.1) is 6.34 Å². The topological polar surface area (TPSA) is 24.4 Å². The summed E-state index contributed by atoms with van der Waals surface area (Å²) in [5.74, 6) is 0. The van der Waals surface area contributed by atoms with Gasteiger partial charge in [-0.1, -0.05) is 12.7 Å². The van der Waals surface area contributed by atoms with E-state index in [2.05, 4.69) is 16.9 Å². The molecule has 1 N–H and O–H groups in total. The Bertz CT molecular complexity index is 134. The highest BCUT2D eigenvalue weighted by Crippen LogP contribution is 1.90. The van der Waals surface area contributed by atoms with Crippen molar-refractivity contribution in [2.45, 2.75) is 6.92 Å². The minimum absolute atomic E-state index is 0.944. The molecule has 0 aromatic rings. The van der Waals surface area contributed by atoms with E-state index in [0.717, 1.165) is 5.70 Å². The predicted molar refractivity (Wildman–Crippen MR) is 41.5 cm³/mol. The van der Waals surface area contributed by atoms with Gasteiger partial charge in [-0.25, -0.2) is 4.99 Å². The highest BCUT2D eigenvalue weighted by Gasteiger charge is 1.74. The second-order valence-corrected chi connectivity index (χ2v) is 1.59. The summed E-state index contributed by atoms with van der Waals surface area (Å²) in [6.45, 7) is 5.45. The number of hydrogen-bond donors (Lipinski definition) is 1. The summed E-state index contributed by atoms with van der Waals surface area (Å²) >= 11 is 0. The Morgan fingerprint density at radius 1 is 1.67 bits per heavy atom. The average molecular weight is 124 g/mol. The van der Waals surface area contributed by atoms with Crippen molar-refractivity contribution in [2.75, 3.05) is 7.05 Å². The first-order chi connectivity index (χ1) is 4.31. The van der Waals surface area contributed by atoms with Crippen molar-refractivity contribution in [3.05, 3.63) is 24.4 Å². The van der Waals surface area contributed by atoms with Crippen molar-refractivity contribution in [1.82, 2.24) is 5.32 Å². The molecule has 0 aliphatic heterocycles. The van der Waals surface area contributed by atoms with Crippen LogP contribution in [0.3, 0.4) is 0 Å². The standard InChI is InChI=1S/C7H12N2/c1-4-5-7(2)9-6-8-3/h4-6H,1H2,2-3H3,(H,8,9)/b7-5+. The van der Waals surface area contributed by atoms with E-state index in [0.29, 0.717) is 0 Å². The van der Waals surface area contributed by atoms with Crippen LogP contribution in [0.15, 0.2) is 29.4 Å². The molecule has 0 aromatic carbocycles. The SMILES string of the molecule is C=C/C=C(C)/N=C\NC. The minimum Gasteiger partial charge on any atom is -0.379 e. The Labute approximate surface area is 56.0 Å². The van der Waals surface area contributed by atoms with Crippen LogP contribution in [0.4, 0.5) is 0 Å². The van der Waals surface area contributed by atoms with Gasteiger partial charge in [0, 0.05) is 12.7 Å². The lowest BCUT2D eigenvalue weighted by Crippen LogP contribution is -2.00. The lowest BCUT2D eigenvalue weighted by atomic mass is 10.4. The van der Waals surface area contributed by atoms with Gasteiger partial charge in [0.25, 0.3) is 0 Å². The number of allylic oxidation sites excluding steroid dienone is 3. The van der Waals surface area contributed by atoms with Gasteiger partial charge >= 0.3 is 0 Å². The van der Waals surface area contributed by atoms with Crippen molar-refractivity contribution < 1.29 is 0 Å². The molecule has 0 fully saturated rings. The molecule has 0 unspecified atom stereocenters.